The number of aryl methyl sites for hydroxylation is 2. The first-order valence-electron chi connectivity index (χ1n) is 7.32. The normalized spacial score (nSPS) is 15.1. The van der Waals surface area contributed by atoms with E-state index in [1.807, 2.05) is 12.1 Å². The lowest BCUT2D eigenvalue weighted by Crippen LogP contribution is -2.18. The van der Waals surface area contributed by atoms with Crippen molar-refractivity contribution in [3.05, 3.63) is 69.7 Å². The second-order valence-corrected chi connectivity index (χ2v) is 6.05. The summed E-state index contributed by atoms with van der Waals surface area (Å²) in [6, 6.07) is 15.3. The molecule has 2 aromatic rings. The predicted octanol–water partition coefficient (Wildman–Crippen LogP) is 4.68. The molecule has 2 heteroatoms. The highest BCUT2D eigenvalue weighted by atomic mass is 35.5. The van der Waals surface area contributed by atoms with Crippen LogP contribution in [0.1, 0.15) is 41.6 Å². The van der Waals surface area contributed by atoms with Crippen molar-refractivity contribution in [2.24, 2.45) is 0 Å². The van der Waals surface area contributed by atoms with Crippen LogP contribution in [0.2, 0.25) is 5.02 Å². The summed E-state index contributed by atoms with van der Waals surface area (Å²) in [4.78, 5) is 0. The van der Waals surface area contributed by atoms with E-state index in [4.69, 9.17) is 11.6 Å². The molecule has 104 valence electrons. The van der Waals surface area contributed by atoms with E-state index in [9.17, 15) is 0 Å². The lowest BCUT2D eigenvalue weighted by Gasteiger charge is -2.15. The van der Waals surface area contributed by atoms with Crippen molar-refractivity contribution >= 4 is 11.6 Å². The van der Waals surface area contributed by atoms with Crippen molar-refractivity contribution in [3.63, 3.8) is 0 Å². The van der Waals surface area contributed by atoms with Crippen molar-refractivity contribution in [3.8, 4) is 0 Å². The highest BCUT2D eigenvalue weighted by molar-refractivity contribution is 6.30. The van der Waals surface area contributed by atoms with Gasteiger partial charge in [-0.2, -0.15) is 0 Å². The zero-order valence-corrected chi connectivity index (χ0v) is 12.6. The lowest BCUT2D eigenvalue weighted by atomic mass is 10.1. The van der Waals surface area contributed by atoms with Gasteiger partial charge in [-0.05, 0) is 60.6 Å². The van der Waals surface area contributed by atoms with Crippen LogP contribution in [0.4, 0.5) is 0 Å². The van der Waals surface area contributed by atoms with Crippen molar-refractivity contribution in [2.75, 3.05) is 0 Å². The van der Waals surface area contributed by atoms with Gasteiger partial charge in [-0.3, -0.25) is 0 Å². The third kappa shape index (κ3) is 3.05. The van der Waals surface area contributed by atoms with Gasteiger partial charge >= 0.3 is 0 Å². The molecule has 0 unspecified atom stereocenters. The van der Waals surface area contributed by atoms with Crippen molar-refractivity contribution < 1.29 is 0 Å². The summed E-state index contributed by atoms with van der Waals surface area (Å²) in [6.07, 6.45) is 3.81. The van der Waals surface area contributed by atoms with Gasteiger partial charge in [0.25, 0.3) is 0 Å². The van der Waals surface area contributed by atoms with Crippen LogP contribution in [0, 0.1) is 0 Å². The fraction of sp³-hybridized carbons (Fsp3) is 0.333. The maximum atomic E-state index is 5.92. The van der Waals surface area contributed by atoms with Crippen molar-refractivity contribution in [2.45, 2.75) is 38.8 Å². The summed E-state index contributed by atoms with van der Waals surface area (Å²) in [5.74, 6) is 0. The fourth-order valence-electron chi connectivity index (χ4n) is 2.88. The average molecular weight is 286 g/mol. The monoisotopic (exact) mass is 285 g/mol. The summed E-state index contributed by atoms with van der Waals surface area (Å²) in [6.45, 7) is 3.10. The van der Waals surface area contributed by atoms with E-state index < -0.39 is 0 Å². The van der Waals surface area contributed by atoms with Gasteiger partial charge in [-0.1, -0.05) is 41.9 Å². The van der Waals surface area contributed by atoms with Crippen LogP contribution in [0.5, 0.6) is 0 Å². The SMILES string of the molecule is C[C@@H](NCc1ccc2c(c1)CCC2)c1ccc(Cl)cc1. The predicted molar refractivity (Wildman–Crippen MR) is 85.2 cm³/mol. The maximum Gasteiger partial charge on any atom is 0.0406 e. The van der Waals surface area contributed by atoms with Gasteiger partial charge in [0.1, 0.15) is 0 Å². The first-order valence-corrected chi connectivity index (χ1v) is 7.70. The van der Waals surface area contributed by atoms with Crippen LogP contribution in [0.3, 0.4) is 0 Å². The van der Waals surface area contributed by atoms with Gasteiger partial charge in [0.05, 0.1) is 0 Å². The first kappa shape index (κ1) is 13.7. The summed E-state index contributed by atoms with van der Waals surface area (Å²) in [5, 5.41) is 4.37. The Morgan fingerprint density at radius 1 is 1.05 bits per heavy atom. The Morgan fingerprint density at radius 3 is 2.60 bits per heavy atom. The second-order valence-electron chi connectivity index (χ2n) is 5.61. The second kappa shape index (κ2) is 5.99. The van der Waals surface area contributed by atoms with Crippen molar-refractivity contribution in [1.29, 1.82) is 0 Å². The minimum Gasteiger partial charge on any atom is -0.306 e. The molecule has 0 saturated carbocycles. The summed E-state index contributed by atoms with van der Waals surface area (Å²) in [7, 11) is 0. The summed E-state index contributed by atoms with van der Waals surface area (Å²) >= 11 is 5.92. The third-order valence-corrected chi connectivity index (χ3v) is 4.40. The minimum atomic E-state index is 0.334. The van der Waals surface area contributed by atoms with Crippen LogP contribution in [-0.4, -0.2) is 0 Å². The number of fused-ring (bicyclic) bond motifs is 1. The molecule has 0 aromatic heterocycles. The molecule has 1 atom stereocenters. The van der Waals surface area contributed by atoms with E-state index in [-0.39, 0.29) is 0 Å². The van der Waals surface area contributed by atoms with Crippen LogP contribution in [0.25, 0.3) is 0 Å². The maximum absolute atomic E-state index is 5.92. The van der Waals surface area contributed by atoms with E-state index in [0.717, 1.165) is 11.6 Å². The molecule has 0 radical (unpaired) electrons. The molecular formula is C18H20ClN. The van der Waals surface area contributed by atoms with Gasteiger partial charge in [0.2, 0.25) is 0 Å². The van der Waals surface area contributed by atoms with Gasteiger partial charge in [-0.25, -0.2) is 0 Å². The Morgan fingerprint density at radius 2 is 1.80 bits per heavy atom. The molecule has 1 aliphatic rings. The molecule has 3 rings (SSSR count). The molecule has 0 saturated heterocycles. The largest absolute Gasteiger partial charge is 0.306 e. The Bertz CT molecular complexity index is 589. The molecule has 0 aliphatic heterocycles. The van der Waals surface area contributed by atoms with Gasteiger partial charge in [0.15, 0.2) is 0 Å². The van der Waals surface area contributed by atoms with Crippen LogP contribution >= 0.6 is 11.6 Å². The fourth-order valence-corrected chi connectivity index (χ4v) is 3.00. The smallest absolute Gasteiger partial charge is 0.0406 e. The number of hydrogen-bond donors (Lipinski definition) is 1. The van der Waals surface area contributed by atoms with E-state index in [0.29, 0.717) is 6.04 Å². The molecule has 1 aliphatic carbocycles. The van der Waals surface area contributed by atoms with Gasteiger partial charge in [-0.15, -0.1) is 0 Å². The van der Waals surface area contributed by atoms with Crippen LogP contribution < -0.4 is 5.32 Å². The molecule has 1 nitrogen and oxygen atoms in total. The molecule has 0 spiro atoms. The molecule has 0 bridgehead atoms. The number of rotatable bonds is 4. The quantitative estimate of drug-likeness (QED) is 0.860. The van der Waals surface area contributed by atoms with Gasteiger partial charge in [0, 0.05) is 17.6 Å². The number of benzene rings is 2. The average Bonchev–Trinajstić information content (AvgIpc) is 2.93. The highest BCUT2D eigenvalue weighted by Crippen LogP contribution is 2.23. The molecule has 2 aromatic carbocycles. The number of nitrogens with one attached hydrogen (secondary N) is 1. The zero-order chi connectivity index (χ0) is 13.9. The summed E-state index contributed by atoms with van der Waals surface area (Å²) < 4.78 is 0. The Labute approximate surface area is 126 Å². The summed E-state index contributed by atoms with van der Waals surface area (Å²) in [5.41, 5.74) is 5.74. The lowest BCUT2D eigenvalue weighted by molar-refractivity contribution is 0.574. The van der Waals surface area contributed by atoms with Crippen LogP contribution in [-0.2, 0) is 19.4 Å². The standard InChI is InChI=1S/C18H20ClN/c1-13(15-7-9-18(19)10-8-15)20-12-14-5-6-16-3-2-4-17(16)11-14/h5-11,13,20H,2-4,12H2,1H3/t13-/m1/s1. The van der Waals surface area contributed by atoms with E-state index >= 15 is 0 Å². The minimum absolute atomic E-state index is 0.334. The third-order valence-electron chi connectivity index (χ3n) is 4.15. The van der Waals surface area contributed by atoms with Gasteiger partial charge < -0.3 is 5.32 Å². The number of hydrogen-bond acceptors (Lipinski definition) is 1. The number of halogens is 1. The molecule has 20 heavy (non-hydrogen) atoms. The van der Waals surface area contributed by atoms with Crippen molar-refractivity contribution in [1.82, 2.24) is 5.32 Å². The Balaban J connectivity index is 1.63. The Hall–Kier alpha value is -1.31. The first-order chi connectivity index (χ1) is 9.72. The molecular weight excluding hydrogens is 266 g/mol. The van der Waals surface area contributed by atoms with E-state index in [2.05, 4.69) is 42.6 Å². The topological polar surface area (TPSA) is 12.0 Å². The van der Waals surface area contributed by atoms with Crippen LogP contribution in [0.15, 0.2) is 42.5 Å². The molecule has 1 N–H and O–H groups in total. The highest BCUT2D eigenvalue weighted by Gasteiger charge is 2.11. The Kier molecular flexibility index (Phi) is 4.09. The van der Waals surface area contributed by atoms with E-state index in [1.165, 1.54) is 30.4 Å². The molecule has 0 heterocycles. The van der Waals surface area contributed by atoms with E-state index in [1.54, 1.807) is 11.1 Å². The molecule has 0 amide bonds. The molecule has 0 fully saturated rings. The zero-order valence-electron chi connectivity index (χ0n) is 11.8.